The van der Waals surface area contributed by atoms with Gasteiger partial charge in [-0.05, 0) is 36.4 Å². The molecule has 5 nitrogen and oxygen atoms in total. The second-order valence-electron chi connectivity index (χ2n) is 6.40. The van der Waals surface area contributed by atoms with Gasteiger partial charge in [-0.3, -0.25) is 4.99 Å². The van der Waals surface area contributed by atoms with Crippen molar-refractivity contribution in [3.05, 3.63) is 46.5 Å². The monoisotopic (exact) mass is 489 g/mol. The van der Waals surface area contributed by atoms with Gasteiger partial charge < -0.3 is 19.4 Å². The Morgan fingerprint density at radius 3 is 2.96 bits per heavy atom. The van der Waals surface area contributed by atoms with Gasteiger partial charge in [0.1, 0.15) is 5.76 Å². The normalized spacial score (nSPS) is 17.1. The highest BCUT2D eigenvalue weighted by molar-refractivity contribution is 14.0. The second-order valence-corrected chi connectivity index (χ2v) is 7.43. The Morgan fingerprint density at radius 2 is 2.27 bits per heavy atom. The van der Waals surface area contributed by atoms with Crippen molar-refractivity contribution >= 4 is 41.3 Å². The molecule has 0 aliphatic carbocycles. The summed E-state index contributed by atoms with van der Waals surface area (Å²) < 4.78 is 10.9. The summed E-state index contributed by atoms with van der Waals surface area (Å²) in [6.45, 7) is 4.30. The molecular weight excluding hydrogens is 461 g/mol. The van der Waals surface area contributed by atoms with Crippen LogP contribution in [-0.4, -0.2) is 50.8 Å². The van der Waals surface area contributed by atoms with Crippen LogP contribution in [0.5, 0.6) is 0 Å². The molecule has 1 N–H and O–H groups in total. The van der Waals surface area contributed by atoms with Gasteiger partial charge in [0, 0.05) is 50.5 Å². The van der Waals surface area contributed by atoms with Crippen LogP contribution in [0.4, 0.5) is 0 Å². The average molecular weight is 489 g/mol. The minimum Gasteiger partial charge on any atom is -0.469 e. The number of likely N-dealkylation sites (N-methyl/N-ethyl adjacent to an activating group) is 1. The number of ether oxygens (including phenoxy) is 1. The first-order chi connectivity index (χ1) is 12.3. The quantitative estimate of drug-likeness (QED) is 0.350. The lowest BCUT2D eigenvalue weighted by Gasteiger charge is -2.22. The maximum absolute atomic E-state index is 5.46. The molecule has 7 heteroatoms. The number of rotatable bonds is 8. The smallest absolute Gasteiger partial charge is 0.193 e. The molecule has 1 fully saturated rings. The van der Waals surface area contributed by atoms with Gasteiger partial charge in [-0.1, -0.05) is 6.07 Å². The number of nitrogens with zero attached hydrogens (tertiary/aromatic N) is 2. The Bertz CT molecular complexity index is 625. The summed E-state index contributed by atoms with van der Waals surface area (Å²) in [6.07, 6.45) is 4.73. The molecule has 0 bridgehead atoms. The average Bonchev–Trinajstić information content (AvgIpc) is 3.39. The summed E-state index contributed by atoms with van der Waals surface area (Å²) in [4.78, 5) is 8.48. The highest BCUT2D eigenvalue weighted by Crippen LogP contribution is 2.13. The number of aliphatic imine (C=N–C) groups is 1. The molecule has 2 aromatic rings. The van der Waals surface area contributed by atoms with Crippen molar-refractivity contribution in [2.75, 3.05) is 39.9 Å². The van der Waals surface area contributed by atoms with E-state index in [1.165, 1.54) is 4.88 Å². The van der Waals surface area contributed by atoms with Gasteiger partial charge in [0.05, 0.1) is 12.9 Å². The standard InChI is InChI=1S/C19H27N3O2S.HI/c1-22(10-7-18-5-3-13-25-18)19(21-14-16-8-12-23-15-16)20-9-6-17-4-2-11-24-17;/h2-5,11,13,16H,6-10,12,14-15H2,1H3,(H,20,21);1H. The molecule has 0 amide bonds. The zero-order chi connectivity index (χ0) is 17.3. The third kappa shape index (κ3) is 6.92. The molecule has 3 rings (SSSR count). The molecule has 0 aromatic carbocycles. The van der Waals surface area contributed by atoms with Crippen molar-refractivity contribution in [1.29, 1.82) is 0 Å². The molecule has 0 spiro atoms. The van der Waals surface area contributed by atoms with Gasteiger partial charge in [0.15, 0.2) is 5.96 Å². The van der Waals surface area contributed by atoms with E-state index in [0.717, 1.165) is 63.8 Å². The number of hydrogen-bond acceptors (Lipinski definition) is 4. The van der Waals surface area contributed by atoms with Crippen LogP contribution in [0.25, 0.3) is 0 Å². The lowest BCUT2D eigenvalue weighted by atomic mass is 10.1. The molecule has 1 aliphatic rings. The van der Waals surface area contributed by atoms with E-state index in [2.05, 4.69) is 34.8 Å². The topological polar surface area (TPSA) is 50.0 Å². The summed E-state index contributed by atoms with van der Waals surface area (Å²) in [6, 6.07) is 8.23. The molecule has 1 atom stereocenters. The number of halogens is 1. The first-order valence-electron chi connectivity index (χ1n) is 8.93. The largest absolute Gasteiger partial charge is 0.469 e. The van der Waals surface area contributed by atoms with Crippen LogP contribution in [0.1, 0.15) is 17.1 Å². The van der Waals surface area contributed by atoms with E-state index in [-0.39, 0.29) is 24.0 Å². The van der Waals surface area contributed by atoms with Gasteiger partial charge in [-0.2, -0.15) is 0 Å². The molecule has 1 unspecified atom stereocenters. The Labute approximate surface area is 176 Å². The van der Waals surface area contributed by atoms with Crippen molar-refractivity contribution in [3.63, 3.8) is 0 Å². The van der Waals surface area contributed by atoms with Crippen LogP contribution in [0.2, 0.25) is 0 Å². The minimum atomic E-state index is 0. The summed E-state index contributed by atoms with van der Waals surface area (Å²) in [7, 11) is 2.11. The van der Waals surface area contributed by atoms with Crippen LogP contribution in [0.3, 0.4) is 0 Å². The van der Waals surface area contributed by atoms with Crippen LogP contribution < -0.4 is 5.32 Å². The van der Waals surface area contributed by atoms with Gasteiger partial charge in [-0.25, -0.2) is 0 Å². The predicted molar refractivity (Wildman–Crippen MR) is 118 cm³/mol. The van der Waals surface area contributed by atoms with E-state index in [1.807, 2.05) is 23.5 Å². The predicted octanol–water partition coefficient (Wildman–Crippen LogP) is 3.66. The zero-order valence-electron chi connectivity index (χ0n) is 15.2. The number of hydrogen-bond donors (Lipinski definition) is 1. The Kier molecular flexibility index (Phi) is 9.49. The maximum Gasteiger partial charge on any atom is 0.193 e. The Balaban J connectivity index is 0.00000243. The second kappa shape index (κ2) is 11.6. The molecular formula is C19H28IN3O2S. The third-order valence-electron chi connectivity index (χ3n) is 4.39. The number of nitrogens with one attached hydrogen (secondary N) is 1. The van der Waals surface area contributed by atoms with Gasteiger partial charge in [0.2, 0.25) is 0 Å². The van der Waals surface area contributed by atoms with Gasteiger partial charge in [0.25, 0.3) is 0 Å². The number of furan rings is 1. The number of guanidine groups is 1. The molecule has 144 valence electrons. The van der Waals surface area contributed by atoms with Crippen LogP contribution in [-0.2, 0) is 17.6 Å². The van der Waals surface area contributed by atoms with Crippen LogP contribution in [0, 0.1) is 5.92 Å². The van der Waals surface area contributed by atoms with Crippen molar-refractivity contribution in [2.24, 2.45) is 10.9 Å². The third-order valence-corrected chi connectivity index (χ3v) is 5.33. The fourth-order valence-electron chi connectivity index (χ4n) is 2.85. The summed E-state index contributed by atoms with van der Waals surface area (Å²) in [5.41, 5.74) is 0. The van der Waals surface area contributed by atoms with Crippen molar-refractivity contribution in [3.8, 4) is 0 Å². The fourth-order valence-corrected chi connectivity index (χ4v) is 3.54. The molecule has 1 saturated heterocycles. The molecule has 1 aliphatic heterocycles. The van der Waals surface area contributed by atoms with E-state index in [9.17, 15) is 0 Å². The molecule has 3 heterocycles. The molecule has 0 radical (unpaired) electrons. The van der Waals surface area contributed by atoms with E-state index in [0.29, 0.717) is 5.92 Å². The summed E-state index contributed by atoms with van der Waals surface area (Å²) >= 11 is 1.81. The maximum atomic E-state index is 5.46. The SMILES string of the molecule is CN(CCc1cccs1)C(=NCC1CCOC1)NCCc1ccco1.I. The first-order valence-corrected chi connectivity index (χ1v) is 9.81. The number of thiophene rings is 1. The van der Waals surface area contributed by atoms with Crippen molar-refractivity contribution in [1.82, 2.24) is 10.2 Å². The van der Waals surface area contributed by atoms with Gasteiger partial charge in [-0.15, -0.1) is 35.3 Å². The Hall–Kier alpha value is -1.06. The minimum absolute atomic E-state index is 0. The van der Waals surface area contributed by atoms with E-state index in [4.69, 9.17) is 14.1 Å². The lowest BCUT2D eigenvalue weighted by molar-refractivity contribution is 0.187. The highest BCUT2D eigenvalue weighted by atomic mass is 127. The van der Waals surface area contributed by atoms with Gasteiger partial charge >= 0.3 is 0 Å². The highest BCUT2D eigenvalue weighted by Gasteiger charge is 2.16. The van der Waals surface area contributed by atoms with Crippen molar-refractivity contribution in [2.45, 2.75) is 19.3 Å². The Morgan fingerprint density at radius 1 is 1.35 bits per heavy atom. The fraction of sp³-hybridized carbons (Fsp3) is 0.526. The first kappa shape index (κ1) is 21.2. The molecule has 2 aromatic heterocycles. The van der Waals surface area contributed by atoms with E-state index >= 15 is 0 Å². The van der Waals surface area contributed by atoms with E-state index in [1.54, 1.807) is 6.26 Å². The van der Waals surface area contributed by atoms with Crippen molar-refractivity contribution < 1.29 is 9.15 Å². The lowest BCUT2D eigenvalue weighted by Crippen LogP contribution is -2.41. The summed E-state index contributed by atoms with van der Waals surface area (Å²) in [5, 5.41) is 5.62. The van der Waals surface area contributed by atoms with E-state index < -0.39 is 0 Å². The summed E-state index contributed by atoms with van der Waals surface area (Å²) in [5.74, 6) is 2.51. The molecule has 0 saturated carbocycles. The van der Waals surface area contributed by atoms with Crippen LogP contribution in [0.15, 0.2) is 45.3 Å². The van der Waals surface area contributed by atoms with Crippen LogP contribution >= 0.6 is 35.3 Å². The molecule has 26 heavy (non-hydrogen) atoms. The zero-order valence-corrected chi connectivity index (χ0v) is 18.4.